The molecule has 0 spiro atoms. The molecule has 0 aliphatic rings. The van der Waals surface area contributed by atoms with Crippen LogP contribution in [0.4, 0.5) is 27.6 Å². The van der Waals surface area contributed by atoms with Gasteiger partial charge < -0.3 is 10.1 Å². The molecule has 1 aromatic heterocycles. The van der Waals surface area contributed by atoms with E-state index in [1.165, 1.54) is 0 Å². The summed E-state index contributed by atoms with van der Waals surface area (Å²) in [6, 6.07) is 11.0. The number of fused-ring (bicyclic) bond motifs is 2. The zero-order chi connectivity index (χ0) is 26.7. The van der Waals surface area contributed by atoms with Crippen molar-refractivity contribution in [2.45, 2.75) is 26.3 Å². The maximum absolute atomic E-state index is 14.2. The Hall–Kier alpha value is -3.17. The van der Waals surface area contributed by atoms with E-state index in [4.69, 9.17) is 21.3 Å². The molecule has 0 bridgehead atoms. The second kappa shape index (κ2) is 11.5. The number of methoxy groups -OCH3 is 1. The number of benzene rings is 3. The molecule has 0 saturated heterocycles. The molecular weight excluding hydrogens is 513 g/mol. The van der Waals surface area contributed by atoms with Gasteiger partial charge in [0.25, 0.3) is 0 Å². The highest BCUT2D eigenvalue weighted by atomic mass is 35.5. The smallest absolute Gasteiger partial charge is 0.200 e. The van der Waals surface area contributed by atoms with Crippen molar-refractivity contribution < 1.29 is 26.7 Å². The summed E-state index contributed by atoms with van der Waals surface area (Å²) in [5.74, 6) is -8.93. The van der Waals surface area contributed by atoms with Gasteiger partial charge in [-0.1, -0.05) is 18.5 Å². The van der Waals surface area contributed by atoms with E-state index in [1.807, 2.05) is 31.2 Å². The summed E-state index contributed by atoms with van der Waals surface area (Å²) in [7, 11) is 1.58. The Morgan fingerprint density at radius 2 is 1.57 bits per heavy atom. The van der Waals surface area contributed by atoms with Crippen LogP contribution in [0.3, 0.4) is 0 Å². The number of halogens is 6. The molecule has 37 heavy (non-hydrogen) atoms. The summed E-state index contributed by atoms with van der Waals surface area (Å²) in [6.07, 6.45) is 1.18. The third-order valence-electron chi connectivity index (χ3n) is 6.12. The SMILES string of the molecule is CCCN(CCCNc1c2ccc(Cl)cc2nc2ccc(OC)cc12)Cc1c(F)c(F)c(F)c(F)c1F. The topological polar surface area (TPSA) is 37.4 Å². The molecule has 0 fully saturated rings. The molecular formula is C27H25ClF5N3O. The van der Waals surface area contributed by atoms with Gasteiger partial charge in [0.15, 0.2) is 23.3 Å². The number of nitrogens with zero attached hydrogens (tertiary/aromatic N) is 2. The Labute approximate surface area is 216 Å². The van der Waals surface area contributed by atoms with Crippen LogP contribution in [0, 0.1) is 29.1 Å². The van der Waals surface area contributed by atoms with Crippen molar-refractivity contribution in [1.82, 2.24) is 9.88 Å². The van der Waals surface area contributed by atoms with Crippen molar-refractivity contribution in [3.8, 4) is 5.75 Å². The lowest BCUT2D eigenvalue weighted by Gasteiger charge is -2.23. The van der Waals surface area contributed by atoms with Crippen LogP contribution in [0.1, 0.15) is 25.3 Å². The second-order valence-electron chi connectivity index (χ2n) is 8.64. The van der Waals surface area contributed by atoms with Gasteiger partial charge in [0.05, 0.1) is 23.8 Å². The van der Waals surface area contributed by atoms with Gasteiger partial charge in [0, 0.05) is 41.0 Å². The van der Waals surface area contributed by atoms with Gasteiger partial charge in [-0.15, -0.1) is 0 Å². The molecule has 196 valence electrons. The molecule has 0 aliphatic heterocycles. The first-order chi connectivity index (χ1) is 17.7. The van der Waals surface area contributed by atoms with E-state index in [9.17, 15) is 22.0 Å². The molecule has 1 N–H and O–H groups in total. The van der Waals surface area contributed by atoms with E-state index in [0.717, 1.165) is 22.0 Å². The van der Waals surface area contributed by atoms with Gasteiger partial charge in [-0.25, -0.2) is 26.9 Å². The van der Waals surface area contributed by atoms with Gasteiger partial charge >= 0.3 is 0 Å². The summed E-state index contributed by atoms with van der Waals surface area (Å²) >= 11 is 6.17. The second-order valence-corrected chi connectivity index (χ2v) is 9.07. The predicted octanol–water partition coefficient (Wildman–Crippen LogP) is 7.46. The summed E-state index contributed by atoms with van der Waals surface area (Å²) in [5.41, 5.74) is 1.47. The Balaban J connectivity index is 1.54. The van der Waals surface area contributed by atoms with Crippen molar-refractivity contribution in [3.63, 3.8) is 0 Å². The number of ether oxygens (including phenoxy) is 1. The van der Waals surface area contributed by atoms with Crippen molar-refractivity contribution in [2.24, 2.45) is 0 Å². The summed E-state index contributed by atoms with van der Waals surface area (Å²) in [4.78, 5) is 6.36. The molecule has 0 atom stereocenters. The van der Waals surface area contributed by atoms with Crippen LogP contribution in [-0.2, 0) is 6.54 Å². The highest BCUT2D eigenvalue weighted by Crippen LogP contribution is 2.34. The molecule has 0 amide bonds. The minimum absolute atomic E-state index is 0.371. The minimum Gasteiger partial charge on any atom is -0.497 e. The van der Waals surface area contributed by atoms with Crippen molar-refractivity contribution in [3.05, 3.63) is 76.1 Å². The summed E-state index contributed by atoms with van der Waals surface area (Å²) < 4.78 is 74.5. The monoisotopic (exact) mass is 537 g/mol. The first-order valence-electron chi connectivity index (χ1n) is 11.8. The Morgan fingerprint density at radius 3 is 2.24 bits per heavy atom. The van der Waals surface area contributed by atoms with Crippen LogP contribution in [0.15, 0.2) is 36.4 Å². The number of rotatable bonds is 10. The van der Waals surface area contributed by atoms with E-state index in [0.29, 0.717) is 48.8 Å². The molecule has 4 aromatic rings. The minimum atomic E-state index is -2.15. The number of anilines is 1. The van der Waals surface area contributed by atoms with Crippen molar-refractivity contribution >= 4 is 39.1 Å². The zero-order valence-corrected chi connectivity index (χ0v) is 21.0. The average Bonchev–Trinajstić information content (AvgIpc) is 2.90. The largest absolute Gasteiger partial charge is 0.497 e. The van der Waals surface area contributed by atoms with E-state index >= 15 is 0 Å². The van der Waals surface area contributed by atoms with Crippen LogP contribution in [0.5, 0.6) is 5.75 Å². The predicted molar refractivity (Wildman–Crippen MR) is 136 cm³/mol. The normalized spacial score (nSPS) is 11.6. The van der Waals surface area contributed by atoms with Crippen molar-refractivity contribution in [1.29, 1.82) is 0 Å². The molecule has 0 unspecified atom stereocenters. The number of nitrogens with one attached hydrogen (secondary N) is 1. The quantitative estimate of drug-likeness (QED) is 0.0749. The van der Waals surface area contributed by atoms with Crippen LogP contribution >= 0.6 is 11.6 Å². The number of pyridine rings is 1. The maximum Gasteiger partial charge on any atom is 0.200 e. The number of hydrogen-bond acceptors (Lipinski definition) is 4. The number of aromatic nitrogens is 1. The van der Waals surface area contributed by atoms with E-state index in [2.05, 4.69) is 5.32 Å². The number of hydrogen-bond donors (Lipinski definition) is 1. The third kappa shape index (κ3) is 5.57. The molecule has 4 nitrogen and oxygen atoms in total. The molecule has 0 saturated carbocycles. The maximum atomic E-state index is 14.2. The molecule has 1 heterocycles. The molecule has 4 rings (SSSR count). The average molecular weight is 538 g/mol. The fourth-order valence-electron chi connectivity index (χ4n) is 4.33. The summed E-state index contributed by atoms with van der Waals surface area (Å²) in [5, 5.41) is 5.69. The van der Waals surface area contributed by atoms with Crippen LogP contribution in [-0.4, -0.2) is 36.6 Å². The fraction of sp³-hybridized carbons (Fsp3) is 0.296. The Morgan fingerprint density at radius 1 is 0.865 bits per heavy atom. The molecule has 3 aromatic carbocycles. The molecule has 0 radical (unpaired) electrons. The van der Waals surface area contributed by atoms with E-state index in [-0.39, 0.29) is 0 Å². The highest BCUT2D eigenvalue weighted by Gasteiger charge is 2.26. The van der Waals surface area contributed by atoms with Crippen LogP contribution < -0.4 is 10.1 Å². The standard InChI is InChI=1S/C27H25ClF5N3O/c1-3-10-36(14-19-22(29)24(31)26(33)25(32)23(19)30)11-4-9-34-27-17-7-5-15(28)12-21(17)35-20-8-6-16(37-2)13-18(20)27/h5-8,12-13H,3-4,9-11,14H2,1-2H3,(H,34,35). The van der Waals surface area contributed by atoms with Crippen LogP contribution in [0.2, 0.25) is 5.02 Å². The van der Waals surface area contributed by atoms with E-state index in [1.54, 1.807) is 24.1 Å². The van der Waals surface area contributed by atoms with Crippen molar-refractivity contribution in [2.75, 3.05) is 32.1 Å². The third-order valence-corrected chi connectivity index (χ3v) is 6.35. The first-order valence-corrected chi connectivity index (χ1v) is 12.2. The Kier molecular flexibility index (Phi) is 8.34. The highest BCUT2D eigenvalue weighted by molar-refractivity contribution is 6.31. The zero-order valence-electron chi connectivity index (χ0n) is 20.3. The van der Waals surface area contributed by atoms with Gasteiger partial charge in [0.2, 0.25) is 5.82 Å². The van der Waals surface area contributed by atoms with Gasteiger partial charge in [-0.05, 0) is 55.8 Å². The van der Waals surface area contributed by atoms with Gasteiger partial charge in [-0.2, -0.15) is 0 Å². The summed E-state index contributed by atoms with van der Waals surface area (Å²) in [6.45, 7) is 2.76. The lowest BCUT2D eigenvalue weighted by Crippen LogP contribution is -2.28. The fourth-order valence-corrected chi connectivity index (χ4v) is 4.50. The first kappa shape index (κ1) is 26.9. The lowest BCUT2D eigenvalue weighted by molar-refractivity contribution is 0.251. The van der Waals surface area contributed by atoms with Gasteiger partial charge in [-0.3, -0.25) is 4.90 Å². The van der Waals surface area contributed by atoms with E-state index < -0.39 is 41.2 Å². The Bertz CT molecular complexity index is 1420. The van der Waals surface area contributed by atoms with Gasteiger partial charge in [0.1, 0.15) is 5.75 Å². The van der Waals surface area contributed by atoms with Crippen LogP contribution in [0.25, 0.3) is 21.8 Å². The molecule has 0 aliphatic carbocycles. The molecule has 10 heteroatoms. The lowest BCUT2D eigenvalue weighted by atomic mass is 10.1.